The first-order chi connectivity index (χ1) is 9.81. The third kappa shape index (κ3) is 2.10. The average Bonchev–Trinajstić information content (AvgIpc) is 2.54. The molecule has 0 saturated heterocycles. The largest absolute Gasteiger partial charge is 0.493 e. The molecule has 1 heteroatoms. The van der Waals surface area contributed by atoms with Gasteiger partial charge in [-0.15, -0.1) is 6.42 Å². The van der Waals surface area contributed by atoms with Crippen LogP contribution in [0.4, 0.5) is 0 Å². The topological polar surface area (TPSA) is 9.23 Å². The van der Waals surface area contributed by atoms with Gasteiger partial charge in [0.25, 0.3) is 0 Å². The van der Waals surface area contributed by atoms with Crippen LogP contribution < -0.4 is 4.74 Å². The van der Waals surface area contributed by atoms with E-state index in [1.807, 2.05) is 42.5 Å². The lowest BCUT2D eigenvalue weighted by Gasteiger charge is -2.32. The standard InChI is InChI=1S/C19H16O/c1-3-16-17-11-7-8-12-19(17)20-13-18(16)14(2)15-9-5-4-6-10-15/h1,4-12,16,18H,2,13H2/t16-,18+/m1/s1. The second-order valence-corrected chi connectivity index (χ2v) is 4.99. The highest BCUT2D eigenvalue weighted by Gasteiger charge is 2.31. The Morgan fingerprint density at radius 1 is 1.10 bits per heavy atom. The van der Waals surface area contributed by atoms with E-state index in [2.05, 4.69) is 24.6 Å². The highest BCUT2D eigenvalue weighted by atomic mass is 16.5. The molecule has 1 aliphatic heterocycles. The minimum atomic E-state index is 0.0210. The Morgan fingerprint density at radius 3 is 2.55 bits per heavy atom. The van der Waals surface area contributed by atoms with Crippen LogP contribution in [0.5, 0.6) is 5.75 Å². The number of rotatable bonds is 2. The van der Waals surface area contributed by atoms with Crippen LogP contribution in [0, 0.1) is 18.3 Å². The average molecular weight is 260 g/mol. The van der Waals surface area contributed by atoms with Crippen LogP contribution in [0.1, 0.15) is 17.0 Å². The maximum atomic E-state index is 5.85. The number of ether oxygens (including phenoxy) is 1. The zero-order valence-electron chi connectivity index (χ0n) is 11.3. The van der Waals surface area contributed by atoms with Gasteiger partial charge in [-0.2, -0.15) is 0 Å². The molecule has 0 spiro atoms. The molecule has 2 aromatic rings. The van der Waals surface area contributed by atoms with Crippen molar-refractivity contribution in [2.45, 2.75) is 5.92 Å². The Kier molecular flexibility index (Phi) is 3.31. The second kappa shape index (κ2) is 5.27. The second-order valence-electron chi connectivity index (χ2n) is 4.99. The van der Waals surface area contributed by atoms with Crippen molar-refractivity contribution < 1.29 is 4.74 Å². The SMILES string of the molecule is C#C[C@@H]1c2ccccc2OC[C@H]1C(=C)c1ccccc1. The van der Waals surface area contributed by atoms with E-state index in [4.69, 9.17) is 11.2 Å². The number of para-hydroxylation sites is 1. The van der Waals surface area contributed by atoms with E-state index < -0.39 is 0 Å². The summed E-state index contributed by atoms with van der Waals surface area (Å²) in [6, 6.07) is 18.2. The van der Waals surface area contributed by atoms with Crippen molar-refractivity contribution >= 4 is 5.57 Å². The van der Waals surface area contributed by atoms with E-state index in [9.17, 15) is 0 Å². The van der Waals surface area contributed by atoms with Gasteiger partial charge in [-0.25, -0.2) is 0 Å². The molecule has 0 bridgehead atoms. The number of hydrogen-bond donors (Lipinski definition) is 0. The van der Waals surface area contributed by atoms with Crippen LogP contribution >= 0.6 is 0 Å². The molecule has 1 nitrogen and oxygen atoms in total. The van der Waals surface area contributed by atoms with Crippen molar-refractivity contribution in [2.24, 2.45) is 5.92 Å². The molecule has 0 unspecified atom stereocenters. The maximum absolute atomic E-state index is 5.85. The number of benzene rings is 2. The van der Waals surface area contributed by atoms with E-state index in [1.165, 1.54) is 0 Å². The monoisotopic (exact) mass is 260 g/mol. The van der Waals surface area contributed by atoms with Crippen LogP contribution in [-0.2, 0) is 0 Å². The summed E-state index contributed by atoms with van der Waals surface area (Å²) in [6.45, 7) is 4.83. The smallest absolute Gasteiger partial charge is 0.123 e. The lowest BCUT2D eigenvalue weighted by atomic mass is 9.78. The molecule has 20 heavy (non-hydrogen) atoms. The third-order valence-corrected chi connectivity index (χ3v) is 3.85. The Hall–Kier alpha value is -2.46. The molecule has 2 aromatic carbocycles. The molecular formula is C19H16O. The Labute approximate surface area is 119 Å². The van der Waals surface area contributed by atoms with Crippen LogP contribution in [0.3, 0.4) is 0 Å². The van der Waals surface area contributed by atoms with Gasteiger partial charge in [0.2, 0.25) is 0 Å². The fourth-order valence-electron chi connectivity index (χ4n) is 2.74. The van der Waals surface area contributed by atoms with Crippen LogP contribution in [0.2, 0.25) is 0 Å². The van der Waals surface area contributed by atoms with E-state index in [-0.39, 0.29) is 11.8 Å². The molecule has 98 valence electrons. The molecule has 1 aliphatic rings. The highest BCUT2D eigenvalue weighted by molar-refractivity contribution is 5.68. The summed E-state index contributed by atoms with van der Waals surface area (Å²) in [5.41, 5.74) is 3.26. The summed E-state index contributed by atoms with van der Waals surface area (Å²) >= 11 is 0. The van der Waals surface area contributed by atoms with Gasteiger partial charge in [-0.05, 0) is 17.2 Å². The summed E-state index contributed by atoms with van der Waals surface area (Å²) in [6.07, 6.45) is 5.78. The molecular weight excluding hydrogens is 244 g/mol. The number of fused-ring (bicyclic) bond motifs is 1. The van der Waals surface area contributed by atoms with Gasteiger partial charge < -0.3 is 4.74 Å². The maximum Gasteiger partial charge on any atom is 0.123 e. The van der Waals surface area contributed by atoms with Crippen molar-refractivity contribution in [1.29, 1.82) is 0 Å². The van der Waals surface area contributed by atoms with Crippen molar-refractivity contribution in [3.8, 4) is 18.1 Å². The van der Waals surface area contributed by atoms with Gasteiger partial charge in [0.1, 0.15) is 5.75 Å². The minimum absolute atomic E-state index is 0.0210. The zero-order chi connectivity index (χ0) is 13.9. The molecule has 1 heterocycles. The van der Waals surface area contributed by atoms with Crippen molar-refractivity contribution in [3.05, 3.63) is 72.3 Å². The summed E-state index contributed by atoms with van der Waals surface area (Å²) in [5, 5.41) is 0. The Bertz CT molecular complexity index is 664. The molecule has 0 aromatic heterocycles. The third-order valence-electron chi connectivity index (χ3n) is 3.85. The van der Waals surface area contributed by atoms with Gasteiger partial charge in [-0.1, -0.05) is 61.0 Å². The lowest BCUT2D eigenvalue weighted by molar-refractivity contribution is 0.245. The first-order valence-electron chi connectivity index (χ1n) is 6.73. The molecule has 0 aliphatic carbocycles. The van der Waals surface area contributed by atoms with Crippen LogP contribution in [-0.4, -0.2) is 6.61 Å². The first kappa shape index (κ1) is 12.6. The highest BCUT2D eigenvalue weighted by Crippen LogP contribution is 2.41. The lowest BCUT2D eigenvalue weighted by Crippen LogP contribution is -2.26. The van der Waals surface area contributed by atoms with Gasteiger partial charge >= 0.3 is 0 Å². The van der Waals surface area contributed by atoms with Crippen molar-refractivity contribution in [1.82, 2.24) is 0 Å². The summed E-state index contributed by atoms with van der Waals surface area (Å²) in [4.78, 5) is 0. The Morgan fingerprint density at radius 2 is 1.80 bits per heavy atom. The van der Waals surface area contributed by atoms with Crippen molar-refractivity contribution in [2.75, 3.05) is 6.61 Å². The van der Waals surface area contributed by atoms with Gasteiger partial charge in [-0.3, -0.25) is 0 Å². The molecule has 0 radical (unpaired) electrons. The summed E-state index contributed by atoms with van der Waals surface area (Å²) in [7, 11) is 0. The Balaban J connectivity index is 1.96. The predicted octanol–water partition coefficient (Wildman–Crippen LogP) is 4.13. The molecule has 0 fully saturated rings. The minimum Gasteiger partial charge on any atom is -0.493 e. The van der Waals surface area contributed by atoms with E-state index in [0.717, 1.165) is 22.4 Å². The summed E-state index contributed by atoms with van der Waals surface area (Å²) < 4.78 is 5.85. The number of terminal acetylenes is 1. The molecule has 3 rings (SSSR count). The normalized spacial score (nSPS) is 20.4. The molecule has 0 amide bonds. The molecule has 0 saturated carbocycles. The van der Waals surface area contributed by atoms with Crippen LogP contribution in [0.25, 0.3) is 5.57 Å². The molecule has 2 atom stereocenters. The van der Waals surface area contributed by atoms with Crippen LogP contribution in [0.15, 0.2) is 61.2 Å². The number of hydrogen-bond acceptors (Lipinski definition) is 1. The quantitative estimate of drug-likeness (QED) is 0.738. The molecule has 0 N–H and O–H groups in total. The first-order valence-corrected chi connectivity index (χ1v) is 6.73. The predicted molar refractivity (Wildman–Crippen MR) is 82.5 cm³/mol. The van der Waals surface area contributed by atoms with Gasteiger partial charge in [0.15, 0.2) is 0 Å². The van der Waals surface area contributed by atoms with E-state index in [0.29, 0.717) is 6.61 Å². The van der Waals surface area contributed by atoms with Crippen molar-refractivity contribution in [3.63, 3.8) is 0 Å². The zero-order valence-corrected chi connectivity index (χ0v) is 11.3. The van der Waals surface area contributed by atoms with E-state index in [1.54, 1.807) is 0 Å². The van der Waals surface area contributed by atoms with Gasteiger partial charge in [0.05, 0.1) is 12.5 Å². The summed E-state index contributed by atoms with van der Waals surface area (Å²) in [5.74, 6) is 3.96. The van der Waals surface area contributed by atoms with E-state index >= 15 is 0 Å². The fraction of sp³-hybridized carbons (Fsp3) is 0.158. The fourth-order valence-corrected chi connectivity index (χ4v) is 2.74. The van der Waals surface area contributed by atoms with Gasteiger partial charge in [0, 0.05) is 11.5 Å².